The van der Waals surface area contributed by atoms with Crippen LogP contribution in [0.4, 0.5) is 0 Å². The lowest BCUT2D eigenvalue weighted by Gasteiger charge is -2.06. The van der Waals surface area contributed by atoms with Crippen molar-refractivity contribution < 1.29 is 10.1 Å². The van der Waals surface area contributed by atoms with Gasteiger partial charge in [-0.2, -0.15) is 0 Å². The molecule has 0 saturated heterocycles. The standard InChI is InChI=1S/C13H20ClNOS/c1-11(2)15-7-8-16-9-10-17-13-5-3-12(14)4-6-13/h3-6,11,15H,7-10H2,1-2H3/p+1. The Hall–Kier alpha value is -0.220. The van der Waals surface area contributed by atoms with E-state index < -0.39 is 0 Å². The van der Waals surface area contributed by atoms with Crippen LogP contribution in [0.2, 0.25) is 5.02 Å². The molecule has 0 aromatic heterocycles. The molecular weight excluding hydrogens is 254 g/mol. The summed E-state index contributed by atoms with van der Waals surface area (Å²) >= 11 is 7.62. The first kappa shape index (κ1) is 14.8. The van der Waals surface area contributed by atoms with Crippen molar-refractivity contribution in [1.82, 2.24) is 0 Å². The van der Waals surface area contributed by atoms with Gasteiger partial charge in [0.2, 0.25) is 0 Å². The Morgan fingerprint density at radius 2 is 1.94 bits per heavy atom. The Labute approximate surface area is 113 Å². The van der Waals surface area contributed by atoms with Crippen LogP contribution in [0.5, 0.6) is 0 Å². The van der Waals surface area contributed by atoms with E-state index in [1.807, 2.05) is 24.3 Å². The summed E-state index contributed by atoms with van der Waals surface area (Å²) in [5, 5.41) is 3.07. The van der Waals surface area contributed by atoms with Crippen LogP contribution < -0.4 is 5.32 Å². The zero-order chi connectivity index (χ0) is 12.5. The second-order valence-corrected chi connectivity index (χ2v) is 5.79. The predicted octanol–water partition coefficient (Wildman–Crippen LogP) is 2.42. The van der Waals surface area contributed by atoms with Crippen molar-refractivity contribution in [3.63, 3.8) is 0 Å². The van der Waals surface area contributed by atoms with Crippen molar-refractivity contribution in [2.75, 3.05) is 25.5 Å². The lowest BCUT2D eigenvalue weighted by Crippen LogP contribution is -2.89. The van der Waals surface area contributed by atoms with Crippen LogP contribution in [0.1, 0.15) is 13.8 Å². The molecule has 2 N–H and O–H groups in total. The average molecular weight is 275 g/mol. The largest absolute Gasteiger partial charge is 0.375 e. The Kier molecular flexibility index (Phi) is 7.69. The predicted molar refractivity (Wildman–Crippen MR) is 74.9 cm³/mol. The Morgan fingerprint density at radius 1 is 1.24 bits per heavy atom. The third kappa shape index (κ3) is 7.66. The van der Waals surface area contributed by atoms with E-state index >= 15 is 0 Å². The number of nitrogens with two attached hydrogens (primary N) is 1. The highest BCUT2D eigenvalue weighted by Gasteiger charge is 1.97. The van der Waals surface area contributed by atoms with Crippen LogP contribution in [0.3, 0.4) is 0 Å². The lowest BCUT2D eigenvalue weighted by atomic mass is 10.4. The molecule has 17 heavy (non-hydrogen) atoms. The Balaban J connectivity index is 1.99. The minimum Gasteiger partial charge on any atom is -0.375 e. The van der Waals surface area contributed by atoms with Gasteiger partial charge in [-0.3, -0.25) is 0 Å². The highest BCUT2D eigenvalue weighted by molar-refractivity contribution is 7.99. The molecule has 1 rings (SSSR count). The number of halogens is 1. The number of ether oxygens (including phenoxy) is 1. The minimum atomic E-state index is 0.655. The maximum absolute atomic E-state index is 5.82. The minimum absolute atomic E-state index is 0.655. The molecule has 0 bridgehead atoms. The van der Waals surface area contributed by atoms with Gasteiger partial charge in [0.15, 0.2) is 0 Å². The summed E-state index contributed by atoms with van der Waals surface area (Å²) in [7, 11) is 0. The van der Waals surface area contributed by atoms with E-state index in [1.165, 1.54) is 4.90 Å². The Morgan fingerprint density at radius 3 is 2.59 bits per heavy atom. The van der Waals surface area contributed by atoms with Gasteiger partial charge in [-0.15, -0.1) is 11.8 Å². The van der Waals surface area contributed by atoms with Gasteiger partial charge in [-0.05, 0) is 38.1 Å². The summed E-state index contributed by atoms with van der Waals surface area (Å²) in [4.78, 5) is 1.24. The van der Waals surface area contributed by atoms with Gasteiger partial charge in [-0.1, -0.05) is 11.6 Å². The summed E-state index contributed by atoms with van der Waals surface area (Å²) in [6.07, 6.45) is 0. The first-order valence-corrected chi connectivity index (χ1v) is 7.34. The van der Waals surface area contributed by atoms with E-state index in [0.717, 1.165) is 30.5 Å². The van der Waals surface area contributed by atoms with Gasteiger partial charge in [0.1, 0.15) is 0 Å². The quantitative estimate of drug-likeness (QED) is 0.582. The fourth-order valence-corrected chi connectivity index (χ4v) is 2.23. The monoisotopic (exact) mass is 274 g/mol. The molecule has 96 valence electrons. The van der Waals surface area contributed by atoms with E-state index in [-0.39, 0.29) is 0 Å². The van der Waals surface area contributed by atoms with Gasteiger partial charge in [0.05, 0.1) is 25.8 Å². The maximum Gasteiger partial charge on any atom is 0.0995 e. The van der Waals surface area contributed by atoms with E-state index in [0.29, 0.717) is 6.04 Å². The van der Waals surface area contributed by atoms with E-state index in [1.54, 1.807) is 11.8 Å². The zero-order valence-corrected chi connectivity index (χ0v) is 12.1. The third-order valence-electron chi connectivity index (χ3n) is 2.21. The Bertz CT molecular complexity index is 303. The van der Waals surface area contributed by atoms with Crippen LogP contribution in [0.25, 0.3) is 0 Å². The lowest BCUT2D eigenvalue weighted by molar-refractivity contribution is -0.684. The molecule has 0 aliphatic carbocycles. The van der Waals surface area contributed by atoms with Crippen molar-refractivity contribution in [3.8, 4) is 0 Å². The molecule has 1 aromatic carbocycles. The molecule has 2 nitrogen and oxygen atoms in total. The van der Waals surface area contributed by atoms with Gasteiger partial charge in [0, 0.05) is 15.7 Å². The number of rotatable bonds is 8. The molecule has 0 unspecified atom stereocenters. The molecule has 4 heteroatoms. The number of hydrogen-bond donors (Lipinski definition) is 1. The number of thioether (sulfide) groups is 1. The molecule has 1 aromatic rings. The first-order valence-electron chi connectivity index (χ1n) is 5.98. The zero-order valence-electron chi connectivity index (χ0n) is 10.5. The van der Waals surface area contributed by atoms with Crippen LogP contribution in [-0.4, -0.2) is 31.6 Å². The van der Waals surface area contributed by atoms with Gasteiger partial charge < -0.3 is 10.1 Å². The second kappa shape index (κ2) is 8.81. The normalized spacial score (nSPS) is 11.1. The van der Waals surface area contributed by atoms with Crippen LogP contribution in [0.15, 0.2) is 29.2 Å². The van der Waals surface area contributed by atoms with Gasteiger partial charge in [0.25, 0.3) is 0 Å². The van der Waals surface area contributed by atoms with Crippen LogP contribution in [-0.2, 0) is 4.74 Å². The van der Waals surface area contributed by atoms with E-state index in [4.69, 9.17) is 16.3 Å². The van der Waals surface area contributed by atoms with E-state index in [9.17, 15) is 0 Å². The molecule has 0 aliphatic heterocycles. The summed E-state index contributed by atoms with van der Waals surface area (Å²) in [6.45, 7) is 7.06. The SMILES string of the molecule is CC(C)[NH2+]CCOCCSc1ccc(Cl)cc1. The number of hydrogen-bond acceptors (Lipinski definition) is 2. The summed E-state index contributed by atoms with van der Waals surface area (Å²) < 4.78 is 5.55. The van der Waals surface area contributed by atoms with Crippen molar-refractivity contribution >= 4 is 23.4 Å². The van der Waals surface area contributed by atoms with Gasteiger partial charge in [-0.25, -0.2) is 0 Å². The molecule has 0 atom stereocenters. The fourth-order valence-electron chi connectivity index (χ4n) is 1.34. The average Bonchev–Trinajstić information content (AvgIpc) is 2.30. The molecule has 0 radical (unpaired) electrons. The third-order valence-corrected chi connectivity index (χ3v) is 3.44. The number of benzene rings is 1. The van der Waals surface area contributed by atoms with Crippen molar-refractivity contribution in [2.24, 2.45) is 0 Å². The molecule has 0 aliphatic rings. The van der Waals surface area contributed by atoms with Crippen LogP contribution >= 0.6 is 23.4 Å². The smallest absolute Gasteiger partial charge is 0.0995 e. The molecule has 0 fully saturated rings. The second-order valence-electron chi connectivity index (χ2n) is 4.18. The maximum atomic E-state index is 5.82. The van der Waals surface area contributed by atoms with Crippen molar-refractivity contribution in [3.05, 3.63) is 29.3 Å². The molecule has 0 saturated carbocycles. The van der Waals surface area contributed by atoms with E-state index in [2.05, 4.69) is 19.2 Å². The van der Waals surface area contributed by atoms with Gasteiger partial charge >= 0.3 is 0 Å². The highest BCUT2D eigenvalue weighted by atomic mass is 35.5. The molecule has 0 heterocycles. The number of quaternary nitrogens is 1. The molecule has 0 amide bonds. The summed E-state index contributed by atoms with van der Waals surface area (Å²) in [5.74, 6) is 0.989. The van der Waals surface area contributed by atoms with Crippen molar-refractivity contribution in [1.29, 1.82) is 0 Å². The summed E-state index contributed by atoms with van der Waals surface area (Å²) in [6, 6.07) is 8.58. The molecule has 0 spiro atoms. The summed E-state index contributed by atoms with van der Waals surface area (Å²) in [5.41, 5.74) is 0. The highest BCUT2D eigenvalue weighted by Crippen LogP contribution is 2.19. The molecular formula is C13H21ClNOS+. The first-order chi connectivity index (χ1) is 8.18. The topological polar surface area (TPSA) is 25.8 Å². The van der Waals surface area contributed by atoms with Crippen LogP contribution in [0, 0.1) is 0 Å². The fraction of sp³-hybridized carbons (Fsp3) is 0.538. The van der Waals surface area contributed by atoms with Crippen molar-refractivity contribution in [2.45, 2.75) is 24.8 Å².